The van der Waals surface area contributed by atoms with E-state index in [2.05, 4.69) is 44.3 Å². The monoisotopic (exact) mass is 368 g/mol. The van der Waals surface area contributed by atoms with Gasteiger partial charge < -0.3 is 15.0 Å². The summed E-state index contributed by atoms with van der Waals surface area (Å²) in [5, 5.41) is 21.5. The number of nitrogens with one attached hydrogen (secondary N) is 1. The Balaban J connectivity index is 1.34. The van der Waals surface area contributed by atoms with E-state index in [1.807, 2.05) is 0 Å². The second-order valence-electron chi connectivity index (χ2n) is 7.90. The first-order valence-corrected chi connectivity index (χ1v) is 10.2. The second kappa shape index (κ2) is 8.11. The second-order valence-corrected chi connectivity index (χ2v) is 7.90. The molecule has 0 radical (unpaired) electrons. The fourth-order valence-electron chi connectivity index (χ4n) is 4.30. The molecule has 0 amide bonds. The average molecular weight is 368 g/mol. The predicted molar refractivity (Wildman–Crippen MR) is 104 cm³/mol. The van der Waals surface area contributed by atoms with E-state index >= 15 is 0 Å². The van der Waals surface area contributed by atoms with Gasteiger partial charge in [-0.3, -0.25) is 4.79 Å². The number of rotatable bonds is 5. The molecule has 0 spiro atoms. The molecule has 2 aliphatic rings. The topological polar surface area (TPSA) is 80.0 Å². The Morgan fingerprint density at radius 2 is 1.85 bits per heavy atom. The first kappa shape index (κ1) is 18.0. The van der Waals surface area contributed by atoms with E-state index < -0.39 is 5.97 Å². The first-order chi connectivity index (χ1) is 13.2. The van der Waals surface area contributed by atoms with Gasteiger partial charge >= 0.3 is 5.97 Å². The van der Waals surface area contributed by atoms with Crippen LogP contribution in [0.5, 0.6) is 0 Å². The van der Waals surface area contributed by atoms with Crippen LogP contribution in [-0.4, -0.2) is 31.9 Å². The molecule has 2 N–H and O–H groups in total. The minimum atomic E-state index is -0.649. The molecule has 1 aromatic carbocycles. The molecule has 0 bridgehead atoms. The molecule has 0 unspecified atom stereocenters. The molecule has 0 saturated heterocycles. The van der Waals surface area contributed by atoms with Crippen molar-refractivity contribution < 1.29 is 9.90 Å². The van der Waals surface area contributed by atoms with Crippen molar-refractivity contribution in [1.82, 2.24) is 14.8 Å². The summed E-state index contributed by atoms with van der Waals surface area (Å²) in [7, 11) is 0. The van der Waals surface area contributed by atoms with Gasteiger partial charge in [0.15, 0.2) is 0 Å². The maximum Gasteiger partial charge on any atom is 0.306 e. The number of hydrogen-bond acceptors (Lipinski definition) is 4. The van der Waals surface area contributed by atoms with E-state index in [0.29, 0.717) is 6.04 Å². The molecule has 1 aromatic heterocycles. The molecule has 4 rings (SSSR count). The van der Waals surface area contributed by atoms with Crippen LogP contribution >= 0.6 is 0 Å². The van der Waals surface area contributed by atoms with Gasteiger partial charge in [0.05, 0.1) is 5.92 Å². The van der Waals surface area contributed by atoms with Crippen LogP contribution < -0.4 is 5.32 Å². The molecule has 1 saturated carbocycles. The number of aromatic nitrogens is 3. The zero-order valence-electron chi connectivity index (χ0n) is 15.7. The standard InChI is InChI=1S/C21H28N4O2/c26-21(27)16-7-11-18(12-8-16)22-17-9-5-15(6-10-17)14-20-24-23-19-4-2-1-3-13-25(19)20/h5-6,9-10,16,18,22H,1-4,7-8,11-14H2,(H,26,27). The van der Waals surface area contributed by atoms with Gasteiger partial charge in [-0.2, -0.15) is 0 Å². The third-order valence-corrected chi connectivity index (χ3v) is 5.95. The van der Waals surface area contributed by atoms with E-state index in [9.17, 15) is 4.79 Å². The van der Waals surface area contributed by atoms with Gasteiger partial charge in [0.1, 0.15) is 11.6 Å². The van der Waals surface area contributed by atoms with E-state index in [1.165, 1.54) is 24.8 Å². The van der Waals surface area contributed by atoms with Crippen molar-refractivity contribution in [3.8, 4) is 0 Å². The summed E-state index contributed by atoms with van der Waals surface area (Å²) >= 11 is 0. The lowest BCUT2D eigenvalue weighted by Gasteiger charge is -2.27. The number of anilines is 1. The lowest BCUT2D eigenvalue weighted by atomic mass is 9.86. The highest BCUT2D eigenvalue weighted by atomic mass is 16.4. The molecule has 2 aromatic rings. The summed E-state index contributed by atoms with van der Waals surface area (Å²) in [6.07, 6.45) is 8.94. The van der Waals surface area contributed by atoms with Crippen LogP contribution in [0.3, 0.4) is 0 Å². The van der Waals surface area contributed by atoms with Crippen LogP contribution in [0.15, 0.2) is 24.3 Å². The number of nitrogens with zero attached hydrogens (tertiary/aromatic N) is 3. The van der Waals surface area contributed by atoms with E-state index in [0.717, 1.165) is 62.4 Å². The minimum Gasteiger partial charge on any atom is -0.481 e. The number of carboxylic acid groups (broad SMARTS) is 1. The smallest absolute Gasteiger partial charge is 0.306 e. The zero-order valence-corrected chi connectivity index (χ0v) is 15.7. The fourth-order valence-corrected chi connectivity index (χ4v) is 4.30. The van der Waals surface area contributed by atoms with E-state index in [1.54, 1.807) is 0 Å². The molecule has 6 nitrogen and oxygen atoms in total. The van der Waals surface area contributed by atoms with E-state index in [4.69, 9.17) is 5.11 Å². The number of hydrogen-bond donors (Lipinski definition) is 2. The van der Waals surface area contributed by atoms with Crippen molar-refractivity contribution in [2.45, 2.75) is 70.4 Å². The van der Waals surface area contributed by atoms with Gasteiger partial charge in [0.2, 0.25) is 0 Å². The predicted octanol–water partition coefficient (Wildman–Crippen LogP) is 3.65. The third kappa shape index (κ3) is 4.31. The summed E-state index contributed by atoms with van der Waals surface area (Å²) in [4.78, 5) is 11.1. The molecule has 1 aliphatic heterocycles. The highest BCUT2D eigenvalue weighted by Gasteiger charge is 2.25. The Morgan fingerprint density at radius 3 is 2.59 bits per heavy atom. The summed E-state index contributed by atoms with van der Waals surface area (Å²) in [5.41, 5.74) is 2.35. The van der Waals surface area contributed by atoms with Gasteiger partial charge in [0.25, 0.3) is 0 Å². The summed E-state index contributed by atoms with van der Waals surface area (Å²) in [5.74, 6) is 1.39. The van der Waals surface area contributed by atoms with Crippen LogP contribution in [0.1, 0.15) is 62.2 Å². The third-order valence-electron chi connectivity index (χ3n) is 5.95. The van der Waals surface area contributed by atoms with Crippen molar-refractivity contribution in [3.63, 3.8) is 0 Å². The zero-order chi connectivity index (χ0) is 18.6. The molecular weight excluding hydrogens is 340 g/mol. The van der Waals surface area contributed by atoms with Gasteiger partial charge in [-0.15, -0.1) is 10.2 Å². The normalized spacial score (nSPS) is 22.7. The Morgan fingerprint density at radius 1 is 1.07 bits per heavy atom. The Kier molecular flexibility index (Phi) is 5.41. The molecule has 144 valence electrons. The highest BCUT2D eigenvalue weighted by molar-refractivity contribution is 5.70. The quantitative estimate of drug-likeness (QED) is 0.842. The van der Waals surface area contributed by atoms with Crippen molar-refractivity contribution >= 4 is 11.7 Å². The van der Waals surface area contributed by atoms with E-state index in [-0.39, 0.29) is 5.92 Å². The van der Waals surface area contributed by atoms with Crippen molar-refractivity contribution in [2.75, 3.05) is 5.32 Å². The van der Waals surface area contributed by atoms with Crippen molar-refractivity contribution in [1.29, 1.82) is 0 Å². The SMILES string of the molecule is O=C(O)C1CCC(Nc2ccc(Cc3nnc4n3CCCCC4)cc2)CC1. The maximum absolute atomic E-state index is 11.1. The molecule has 1 fully saturated rings. The average Bonchev–Trinajstić information content (AvgIpc) is 2.90. The number of aryl methyl sites for hydroxylation is 1. The van der Waals surface area contributed by atoms with Crippen LogP contribution in [0.4, 0.5) is 5.69 Å². The molecule has 0 atom stereocenters. The van der Waals surface area contributed by atoms with Gasteiger partial charge in [-0.1, -0.05) is 18.6 Å². The summed E-state index contributed by atoms with van der Waals surface area (Å²) in [6.45, 7) is 1.04. The fraction of sp³-hybridized carbons (Fsp3) is 0.571. The number of benzene rings is 1. The largest absolute Gasteiger partial charge is 0.481 e. The van der Waals surface area contributed by atoms with Crippen LogP contribution in [0.25, 0.3) is 0 Å². The summed E-state index contributed by atoms with van der Waals surface area (Å²) < 4.78 is 2.31. The van der Waals surface area contributed by atoms with Crippen molar-refractivity contribution in [3.05, 3.63) is 41.5 Å². The van der Waals surface area contributed by atoms with Crippen LogP contribution in [-0.2, 0) is 24.2 Å². The Hall–Kier alpha value is -2.37. The van der Waals surface area contributed by atoms with Crippen molar-refractivity contribution in [2.24, 2.45) is 5.92 Å². The molecule has 6 heteroatoms. The maximum atomic E-state index is 11.1. The van der Waals surface area contributed by atoms with Gasteiger partial charge in [-0.05, 0) is 56.2 Å². The molecule has 27 heavy (non-hydrogen) atoms. The highest BCUT2D eigenvalue weighted by Crippen LogP contribution is 2.27. The number of carboxylic acids is 1. The Labute approximate surface area is 160 Å². The minimum absolute atomic E-state index is 0.163. The molecular formula is C21H28N4O2. The lowest BCUT2D eigenvalue weighted by molar-refractivity contribution is -0.142. The first-order valence-electron chi connectivity index (χ1n) is 10.2. The Bertz CT molecular complexity index is 776. The molecule has 2 heterocycles. The summed E-state index contributed by atoms with van der Waals surface area (Å²) in [6, 6.07) is 8.93. The van der Waals surface area contributed by atoms with Crippen LogP contribution in [0, 0.1) is 5.92 Å². The van der Waals surface area contributed by atoms with Gasteiger partial charge in [0, 0.05) is 31.1 Å². The lowest BCUT2D eigenvalue weighted by Crippen LogP contribution is -2.29. The van der Waals surface area contributed by atoms with Gasteiger partial charge in [-0.25, -0.2) is 0 Å². The number of carbonyl (C=O) groups is 1. The number of aliphatic carboxylic acids is 1. The number of fused-ring (bicyclic) bond motifs is 1. The van der Waals surface area contributed by atoms with Crippen LogP contribution in [0.2, 0.25) is 0 Å². The molecule has 1 aliphatic carbocycles.